The van der Waals surface area contributed by atoms with Gasteiger partial charge in [-0.15, -0.1) is 6.58 Å². The second-order valence-corrected chi connectivity index (χ2v) is 7.06. The van der Waals surface area contributed by atoms with E-state index in [9.17, 15) is 8.42 Å². The van der Waals surface area contributed by atoms with Crippen LogP contribution in [0.5, 0.6) is 0 Å². The highest BCUT2D eigenvalue weighted by Crippen LogP contribution is 2.20. The molecule has 0 aliphatic rings. The van der Waals surface area contributed by atoms with Crippen LogP contribution < -0.4 is 4.72 Å². The van der Waals surface area contributed by atoms with E-state index in [1.807, 2.05) is 43.3 Å². The van der Waals surface area contributed by atoms with Crippen molar-refractivity contribution in [1.29, 1.82) is 0 Å². The average molecular weight is 315 g/mol. The minimum atomic E-state index is -3.48. The van der Waals surface area contributed by atoms with Gasteiger partial charge in [0.15, 0.2) is 0 Å². The molecule has 22 heavy (non-hydrogen) atoms. The summed E-state index contributed by atoms with van der Waals surface area (Å²) in [4.78, 5) is 0.295. The first-order valence-electron chi connectivity index (χ1n) is 7.25. The highest BCUT2D eigenvalue weighted by Gasteiger charge is 2.17. The summed E-state index contributed by atoms with van der Waals surface area (Å²) < 4.78 is 27.4. The van der Waals surface area contributed by atoms with Gasteiger partial charge in [0, 0.05) is 12.5 Å². The molecule has 0 spiro atoms. The molecule has 0 aromatic heterocycles. The van der Waals surface area contributed by atoms with E-state index in [2.05, 4.69) is 11.3 Å². The molecule has 0 saturated carbocycles. The largest absolute Gasteiger partial charge is 0.240 e. The number of aryl methyl sites for hydroxylation is 1. The first-order valence-corrected chi connectivity index (χ1v) is 8.73. The Morgan fingerprint density at radius 3 is 2.32 bits per heavy atom. The summed E-state index contributed by atoms with van der Waals surface area (Å²) in [6, 6.07) is 16.7. The molecule has 2 aromatic rings. The standard InChI is InChI=1S/C18H21NO2S/c1-3-7-17(16-8-5-4-6-9-16)14-19-22(20,21)18-12-10-15(2)11-13-18/h3-6,8-13,17,19H,1,7,14H2,2H3/t17-/m0/s1. The van der Waals surface area contributed by atoms with Gasteiger partial charge in [-0.05, 0) is 31.0 Å². The molecule has 0 aliphatic carbocycles. The Bertz CT molecular complexity index is 707. The molecule has 0 fully saturated rings. The lowest BCUT2D eigenvalue weighted by atomic mass is 9.96. The third kappa shape index (κ3) is 4.29. The van der Waals surface area contributed by atoms with Gasteiger partial charge in [-0.1, -0.05) is 54.1 Å². The van der Waals surface area contributed by atoms with E-state index >= 15 is 0 Å². The molecule has 0 radical (unpaired) electrons. The minimum Gasteiger partial charge on any atom is -0.211 e. The molecule has 0 saturated heterocycles. The second kappa shape index (κ2) is 7.38. The van der Waals surface area contributed by atoms with Crippen molar-refractivity contribution >= 4 is 10.0 Å². The van der Waals surface area contributed by atoms with Gasteiger partial charge in [-0.3, -0.25) is 0 Å². The molecule has 1 atom stereocenters. The van der Waals surface area contributed by atoms with Crippen molar-refractivity contribution in [3.63, 3.8) is 0 Å². The van der Waals surface area contributed by atoms with Gasteiger partial charge in [-0.2, -0.15) is 0 Å². The number of benzene rings is 2. The van der Waals surface area contributed by atoms with Crippen LogP contribution >= 0.6 is 0 Å². The van der Waals surface area contributed by atoms with Crippen molar-refractivity contribution in [3.05, 3.63) is 78.4 Å². The van der Waals surface area contributed by atoms with E-state index < -0.39 is 10.0 Å². The smallest absolute Gasteiger partial charge is 0.211 e. The Morgan fingerprint density at radius 1 is 1.09 bits per heavy atom. The zero-order valence-electron chi connectivity index (χ0n) is 12.7. The Kier molecular flexibility index (Phi) is 5.52. The van der Waals surface area contributed by atoms with Crippen molar-refractivity contribution in [1.82, 2.24) is 4.72 Å². The van der Waals surface area contributed by atoms with Gasteiger partial charge in [0.1, 0.15) is 0 Å². The third-order valence-electron chi connectivity index (χ3n) is 3.57. The fourth-order valence-electron chi connectivity index (χ4n) is 2.27. The Morgan fingerprint density at radius 2 is 1.73 bits per heavy atom. The maximum atomic E-state index is 12.3. The molecule has 3 nitrogen and oxygen atoms in total. The number of sulfonamides is 1. The molecule has 0 bridgehead atoms. The summed E-state index contributed by atoms with van der Waals surface area (Å²) in [6.07, 6.45) is 2.54. The summed E-state index contributed by atoms with van der Waals surface area (Å²) >= 11 is 0. The van der Waals surface area contributed by atoms with Crippen molar-refractivity contribution < 1.29 is 8.42 Å². The number of rotatable bonds is 7. The Labute approximate surface area is 132 Å². The summed E-state index contributed by atoms with van der Waals surface area (Å²) in [7, 11) is -3.48. The maximum absolute atomic E-state index is 12.3. The topological polar surface area (TPSA) is 46.2 Å². The quantitative estimate of drug-likeness (QED) is 0.793. The predicted molar refractivity (Wildman–Crippen MR) is 90.4 cm³/mol. The molecule has 0 heterocycles. The van der Waals surface area contributed by atoms with E-state index in [1.54, 1.807) is 24.3 Å². The predicted octanol–water partition coefficient (Wildman–Crippen LogP) is 3.63. The first kappa shape index (κ1) is 16.5. The number of hydrogen-bond donors (Lipinski definition) is 1. The average Bonchev–Trinajstić information content (AvgIpc) is 2.53. The third-order valence-corrected chi connectivity index (χ3v) is 5.01. The van der Waals surface area contributed by atoms with Crippen molar-refractivity contribution in [2.75, 3.05) is 6.54 Å². The van der Waals surface area contributed by atoms with Crippen LogP contribution in [0.25, 0.3) is 0 Å². The maximum Gasteiger partial charge on any atom is 0.240 e. The SMILES string of the molecule is C=CC[C@@H](CNS(=O)(=O)c1ccc(C)cc1)c1ccccc1. The lowest BCUT2D eigenvalue weighted by Gasteiger charge is -2.16. The monoisotopic (exact) mass is 315 g/mol. The highest BCUT2D eigenvalue weighted by atomic mass is 32.2. The van der Waals surface area contributed by atoms with Crippen molar-refractivity contribution in [2.45, 2.75) is 24.2 Å². The van der Waals surface area contributed by atoms with E-state index in [1.165, 1.54) is 0 Å². The van der Waals surface area contributed by atoms with Gasteiger partial charge in [0.05, 0.1) is 4.90 Å². The molecule has 0 amide bonds. The van der Waals surface area contributed by atoms with Crippen LogP contribution in [-0.4, -0.2) is 15.0 Å². The van der Waals surface area contributed by atoms with Crippen molar-refractivity contribution in [3.8, 4) is 0 Å². The minimum absolute atomic E-state index is 0.0823. The fraction of sp³-hybridized carbons (Fsp3) is 0.222. The van der Waals surface area contributed by atoms with E-state index in [0.29, 0.717) is 11.4 Å². The lowest BCUT2D eigenvalue weighted by molar-refractivity contribution is 0.570. The number of allylic oxidation sites excluding steroid dienone is 1. The molecule has 116 valence electrons. The van der Waals surface area contributed by atoms with Gasteiger partial charge in [0.25, 0.3) is 0 Å². The molecular formula is C18H21NO2S. The second-order valence-electron chi connectivity index (χ2n) is 5.30. The van der Waals surface area contributed by atoms with Crippen LogP contribution in [0.3, 0.4) is 0 Å². The van der Waals surface area contributed by atoms with Crippen LogP contribution in [0.15, 0.2) is 72.1 Å². The number of hydrogen-bond acceptors (Lipinski definition) is 2. The summed E-state index contributed by atoms with van der Waals surface area (Å²) in [5, 5.41) is 0. The van der Waals surface area contributed by atoms with Gasteiger partial charge in [-0.25, -0.2) is 13.1 Å². The summed E-state index contributed by atoms with van der Waals surface area (Å²) in [5.74, 6) is 0.0823. The molecule has 0 unspecified atom stereocenters. The molecular weight excluding hydrogens is 294 g/mol. The van der Waals surface area contributed by atoms with E-state index in [4.69, 9.17) is 0 Å². The van der Waals surface area contributed by atoms with Crippen LogP contribution in [-0.2, 0) is 10.0 Å². The zero-order valence-corrected chi connectivity index (χ0v) is 13.5. The molecule has 4 heteroatoms. The van der Waals surface area contributed by atoms with Crippen LogP contribution in [0.1, 0.15) is 23.5 Å². The molecule has 0 aliphatic heterocycles. The zero-order chi connectivity index (χ0) is 16.0. The van der Waals surface area contributed by atoms with Gasteiger partial charge in [0.2, 0.25) is 10.0 Å². The Hall–Kier alpha value is -1.91. The van der Waals surface area contributed by atoms with Gasteiger partial charge >= 0.3 is 0 Å². The molecule has 1 N–H and O–H groups in total. The summed E-state index contributed by atoms with van der Waals surface area (Å²) in [5.41, 5.74) is 2.14. The molecule has 2 rings (SSSR count). The normalized spacial score (nSPS) is 12.8. The Balaban J connectivity index is 2.11. The fourth-order valence-corrected chi connectivity index (χ4v) is 3.36. The van der Waals surface area contributed by atoms with Crippen LogP contribution in [0, 0.1) is 6.92 Å². The first-order chi connectivity index (χ1) is 10.5. The highest BCUT2D eigenvalue weighted by molar-refractivity contribution is 7.89. The van der Waals surface area contributed by atoms with E-state index in [-0.39, 0.29) is 5.92 Å². The van der Waals surface area contributed by atoms with Gasteiger partial charge < -0.3 is 0 Å². The van der Waals surface area contributed by atoms with Crippen molar-refractivity contribution in [2.24, 2.45) is 0 Å². The van der Waals surface area contributed by atoms with Crippen LogP contribution in [0.4, 0.5) is 0 Å². The summed E-state index contributed by atoms with van der Waals surface area (Å²) in [6.45, 7) is 6.04. The van der Waals surface area contributed by atoms with Crippen LogP contribution in [0.2, 0.25) is 0 Å². The number of nitrogens with one attached hydrogen (secondary N) is 1. The molecule has 2 aromatic carbocycles. The van der Waals surface area contributed by atoms with E-state index in [0.717, 1.165) is 17.5 Å². The lowest BCUT2D eigenvalue weighted by Crippen LogP contribution is -2.28.